The van der Waals surface area contributed by atoms with Crippen molar-refractivity contribution in [3.05, 3.63) is 128 Å². The first kappa shape index (κ1) is 31.7. The minimum absolute atomic E-state index is 0.0321. The highest BCUT2D eigenvalue weighted by atomic mass is 35.5. The fourth-order valence-electron chi connectivity index (χ4n) is 4.59. The number of non-ortho nitro benzene ring substituents is 1. The molecule has 0 spiro atoms. The van der Waals surface area contributed by atoms with Crippen molar-refractivity contribution in [1.29, 1.82) is 0 Å². The molecule has 0 radical (unpaired) electrons. The topological polar surface area (TPSA) is 137 Å². The molecule has 5 rings (SSSR count). The van der Waals surface area contributed by atoms with E-state index in [1.165, 1.54) is 30.3 Å². The summed E-state index contributed by atoms with van der Waals surface area (Å²) < 4.78 is 17.4. The number of nitro benzene ring substituents is 1. The van der Waals surface area contributed by atoms with E-state index in [2.05, 4.69) is 5.32 Å². The van der Waals surface area contributed by atoms with Gasteiger partial charge in [0, 0.05) is 12.1 Å². The van der Waals surface area contributed by atoms with Crippen LogP contribution in [0.15, 0.2) is 90.5 Å². The zero-order chi connectivity index (χ0) is 32.8. The largest absolute Gasteiger partial charge is 0.490 e. The van der Waals surface area contributed by atoms with E-state index < -0.39 is 22.8 Å². The van der Waals surface area contributed by atoms with Crippen LogP contribution in [0.5, 0.6) is 17.2 Å². The van der Waals surface area contributed by atoms with Gasteiger partial charge < -0.3 is 14.2 Å². The van der Waals surface area contributed by atoms with Crippen LogP contribution in [-0.2, 0) is 22.8 Å². The number of anilines is 1. The molecule has 0 aliphatic carbocycles. The molecule has 1 fully saturated rings. The molecule has 234 valence electrons. The molecule has 1 aliphatic rings. The Morgan fingerprint density at radius 2 is 1.61 bits per heavy atom. The number of hydrogen-bond donors (Lipinski definition) is 1. The molecule has 0 unspecified atom stereocenters. The zero-order valence-electron chi connectivity index (χ0n) is 24.8. The molecule has 4 aromatic rings. The molecule has 11 nitrogen and oxygen atoms in total. The summed E-state index contributed by atoms with van der Waals surface area (Å²) in [7, 11) is 0. The van der Waals surface area contributed by atoms with Crippen molar-refractivity contribution in [2.75, 3.05) is 11.5 Å². The molecule has 46 heavy (non-hydrogen) atoms. The molecule has 0 atom stereocenters. The number of nitro groups is 1. The Morgan fingerprint density at radius 3 is 2.30 bits per heavy atom. The molecule has 0 saturated carbocycles. The number of carbonyl (C=O) groups excluding carboxylic acids is 3. The first-order chi connectivity index (χ1) is 22.1. The Balaban J connectivity index is 1.35. The van der Waals surface area contributed by atoms with Gasteiger partial charge in [0.2, 0.25) is 0 Å². The van der Waals surface area contributed by atoms with Crippen molar-refractivity contribution in [2.24, 2.45) is 0 Å². The highest BCUT2D eigenvalue weighted by Crippen LogP contribution is 2.38. The predicted molar refractivity (Wildman–Crippen MR) is 171 cm³/mol. The molecule has 1 aliphatic heterocycles. The van der Waals surface area contributed by atoms with Crippen molar-refractivity contribution in [3.8, 4) is 17.2 Å². The van der Waals surface area contributed by atoms with E-state index >= 15 is 0 Å². The Hall–Kier alpha value is -5.68. The minimum atomic E-state index is -0.890. The SMILES string of the molecule is CCOc1cc(/C=C2\C(=O)NC(=O)N(c3ccc(OCc4ccc(C)cc4)cc3)C2=O)cc(Cl)c1OCc1cccc([N+](=O)[O-])c1. The molecule has 0 bridgehead atoms. The number of barbiturate groups is 1. The number of ether oxygens (including phenoxy) is 3. The fraction of sp³-hybridized carbons (Fsp3) is 0.147. The van der Waals surface area contributed by atoms with Gasteiger partial charge in [0.1, 0.15) is 24.5 Å². The summed E-state index contributed by atoms with van der Waals surface area (Å²) in [5.41, 5.74) is 2.86. The van der Waals surface area contributed by atoms with Crippen LogP contribution in [0.2, 0.25) is 5.02 Å². The van der Waals surface area contributed by atoms with Crippen molar-refractivity contribution >= 4 is 46.9 Å². The maximum Gasteiger partial charge on any atom is 0.335 e. The van der Waals surface area contributed by atoms with E-state index in [0.717, 1.165) is 16.0 Å². The molecular formula is C34H28ClN3O8. The number of carbonyl (C=O) groups is 3. The van der Waals surface area contributed by atoms with Crippen molar-refractivity contribution in [2.45, 2.75) is 27.1 Å². The molecular weight excluding hydrogens is 614 g/mol. The lowest BCUT2D eigenvalue weighted by atomic mass is 10.1. The van der Waals surface area contributed by atoms with E-state index in [4.69, 9.17) is 25.8 Å². The van der Waals surface area contributed by atoms with Gasteiger partial charge in [-0.1, -0.05) is 53.6 Å². The summed E-state index contributed by atoms with van der Waals surface area (Å²) in [6.45, 7) is 4.31. The first-order valence-electron chi connectivity index (χ1n) is 14.1. The second-order valence-electron chi connectivity index (χ2n) is 10.2. The summed E-state index contributed by atoms with van der Waals surface area (Å²) in [6.07, 6.45) is 1.30. The highest BCUT2D eigenvalue weighted by molar-refractivity contribution is 6.39. The Morgan fingerprint density at radius 1 is 0.891 bits per heavy atom. The maximum atomic E-state index is 13.5. The number of rotatable bonds is 11. The minimum Gasteiger partial charge on any atom is -0.490 e. The van der Waals surface area contributed by atoms with Gasteiger partial charge in [-0.25, -0.2) is 9.69 Å². The maximum absolute atomic E-state index is 13.5. The van der Waals surface area contributed by atoms with Crippen LogP contribution in [0.1, 0.15) is 29.2 Å². The second-order valence-corrected chi connectivity index (χ2v) is 10.6. The van der Waals surface area contributed by atoms with E-state index in [1.54, 1.807) is 43.3 Å². The first-order valence-corrected chi connectivity index (χ1v) is 14.5. The summed E-state index contributed by atoms with van der Waals surface area (Å²) in [5, 5.41) is 13.4. The summed E-state index contributed by atoms with van der Waals surface area (Å²) in [6, 6.07) is 22.4. The molecule has 4 amide bonds. The van der Waals surface area contributed by atoms with Crippen LogP contribution in [0, 0.1) is 17.0 Å². The molecule has 4 aromatic carbocycles. The number of halogens is 1. The van der Waals surface area contributed by atoms with Crippen molar-refractivity contribution in [1.82, 2.24) is 5.32 Å². The van der Waals surface area contributed by atoms with Gasteiger partial charge in [-0.3, -0.25) is 25.0 Å². The average molecular weight is 642 g/mol. The molecule has 1 saturated heterocycles. The van der Waals surface area contributed by atoms with Gasteiger partial charge in [-0.15, -0.1) is 0 Å². The van der Waals surface area contributed by atoms with Crippen LogP contribution in [0.25, 0.3) is 6.08 Å². The Kier molecular flexibility index (Phi) is 9.63. The number of hydrogen-bond acceptors (Lipinski definition) is 8. The molecule has 0 aromatic heterocycles. The number of nitrogens with zero attached hydrogens (tertiary/aromatic N) is 2. The number of nitrogens with one attached hydrogen (secondary N) is 1. The van der Waals surface area contributed by atoms with Crippen LogP contribution in [0.3, 0.4) is 0 Å². The van der Waals surface area contributed by atoms with E-state index in [1.807, 2.05) is 31.2 Å². The third-order valence-electron chi connectivity index (χ3n) is 6.87. The zero-order valence-corrected chi connectivity index (χ0v) is 25.6. The normalized spacial score (nSPS) is 13.8. The Bertz CT molecular complexity index is 1840. The lowest BCUT2D eigenvalue weighted by molar-refractivity contribution is -0.384. The summed E-state index contributed by atoms with van der Waals surface area (Å²) in [4.78, 5) is 50.5. The molecule has 1 heterocycles. The van der Waals surface area contributed by atoms with Crippen LogP contribution < -0.4 is 24.4 Å². The van der Waals surface area contributed by atoms with Gasteiger partial charge in [0.05, 0.1) is 22.2 Å². The summed E-state index contributed by atoms with van der Waals surface area (Å²) >= 11 is 6.54. The lowest BCUT2D eigenvalue weighted by Gasteiger charge is -2.26. The average Bonchev–Trinajstić information content (AvgIpc) is 3.03. The predicted octanol–water partition coefficient (Wildman–Crippen LogP) is 6.78. The monoisotopic (exact) mass is 641 g/mol. The van der Waals surface area contributed by atoms with Gasteiger partial charge >= 0.3 is 6.03 Å². The van der Waals surface area contributed by atoms with Crippen LogP contribution in [-0.4, -0.2) is 29.4 Å². The van der Waals surface area contributed by atoms with Gasteiger partial charge in [0.15, 0.2) is 11.5 Å². The molecule has 1 N–H and O–H groups in total. The van der Waals surface area contributed by atoms with Crippen molar-refractivity contribution in [3.63, 3.8) is 0 Å². The van der Waals surface area contributed by atoms with Gasteiger partial charge in [-0.2, -0.15) is 0 Å². The highest BCUT2D eigenvalue weighted by Gasteiger charge is 2.37. The third kappa shape index (κ3) is 7.33. The number of benzene rings is 4. The standard InChI is InChI=1S/C34H28ClN3O8/c1-3-44-30-18-24(17-29(35)31(30)46-20-23-5-4-6-26(15-23)38(42)43)16-28-32(39)36-34(41)37(33(28)40)25-11-13-27(14-12-25)45-19-22-9-7-21(2)8-10-22/h4-18H,3,19-20H2,1-2H3,(H,36,39,41)/b28-16+. The fourth-order valence-corrected chi connectivity index (χ4v) is 4.86. The summed E-state index contributed by atoms with van der Waals surface area (Å²) in [5.74, 6) is -0.762. The second kappa shape index (κ2) is 14.0. The van der Waals surface area contributed by atoms with Crippen LogP contribution >= 0.6 is 11.6 Å². The smallest absolute Gasteiger partial charge is 0.335 e. The third-order valence-corrected chi connectivity index (χ3v) is 7.15. The van der Waals surface area contributed by atoms with Crippen LogP contribution in [0.4, 0.5) is 16.2 Å². The lowest BCUT2D eigenvalue weighted by Crippen LogP contribution is -2.54. The number of amides is 4. The van der Waals surface area contributed by atoms with E-state index in [-0.39, 0.29) is 46.7 Å². The Labute approximate surface area is 269 Å². The van der Waals surface area contributed by atoms with E-state index in [0.29, 0.717) is 23.5 Å². The molecule has 12 heteroatoms. The number of urea groups is 1. The van der Waals surface area contributed by atoms with Crippen molar-refractivity contribution < 1.29 is 33.5 Å². The van der Waals surface area contributed by atoms with E-state index in [9.17, 15) is 24.5 Å². The van der Waals surface area contributed by atoms with Gasteiger partial charge in [-0.05, 0) is 73.0 Å². The number of aryl methyl sites for hydroxylation is 1. The van der Waals surface area contributed by atoms with Gasteiger partial charge in [0.25, 0.3) is 17.5 Å². The number of imide groups is 2. The quantitative estimate of drug-likeness (QED) is 0.0819.